The van der Waals surface area contributed by atoms with E-state index in [0.29, 0.717) is 29.1 Å². The fourth-order valence-corrected chi connectivity index (χ4v) is 5.19. The average Bonchev–Trinajstić information content (AvgIpc) is 2.90. The van der Waals surface area contributed by atoms with Gasteiger partial charge in [0.15, 0.2) is 0 Å². The average molecular weight is 336 g/mol. The summed E-state index contributed by atoms with van der Waals surface area (Å²) in [6.07, 6.45) is 4.90. The second-order valence-corrected chi connectivity index (χ2v) is 8.34. The standard InChI is InChI=1S/C15H16N2O5S/c1-16-7-9(14(19)22-2)12-13(16)10(18)4-11-15(12)5-8(15)6-17(11)23(3,20)21/h4,7-8H,5-6H2,1-3H3. The van der Waals surface area contributed by atoms with Gasteiger partial charge in [0, 0.05) is 42.5 Å². The van der Waals surface area contributed by atoms with Crippen LogP contribution in [0.3, 0.4) is 0 Å². The molecule has 0 N–H and O–H groups in total. The van der Waals surface area contributed by atoms with E-state index in [4.69, 9.17) is 4.74 Å². The molecule has 2 unspecified atom stereocenters. The molecule has 8 heteroatoms. The third-order valence-electron chi connectivity index (χ3n) is 5.15. The molecule has 0 radical (unpaired) electrons. The monoisotopic (exact) mass is 336 g/mol. The number of ether oxygens (including phenoxy) is 1. The molecule has 1 aromatic rings. The number of nitrogens with zero attached hydrogens (tertiary/aromatic N) is 2. The Morgan fingerprint density at radius 3 is 2.74 bits per heavy atom. The number of hydrogen-bond acceptors (Lipinski definition) is 5. The summed E-state index contributed by atoms with van der Waals surface area (Å²) >= 11 is 0. The highest BCUT2D eigenvalue weighted by Gasteiger charge is 2.69. The smallest absolute Gasteiger partial charge is 0.339 e. The van der Waals surface area contributed by atoms with Crippen molar-refractivity contribution in [1.29, 1.82) is 0 Å². The number of aryl methyl sites for hydroxylation is 1. The van der Waals surface area contributed by atoms with Gasteiger partial charge in [0.1, 0.15) is 0 Å². The number of esters is 1. The van der Waals surface area contributed by atoms with E-state index in [0.717, 1.165) is 12.7 Å². The van der Waals surface area contributed by atoms with Gasteiger partial charge in [0.2, 0.25) is 15.8 Å². The molecule has 1 spiro atoms. The number of ketones is 1. The first kappa shape index (κ1) is 14.5. The van der Waals surface area contributed by atoms with E-state index in [1.54, 1.807) is 17.8 Å². The van der Waals surface area contributed by atoms with Crippen molar-refractivity contribution < 1.29 is 22.7 Å². The lowest BCUT2D eigenvalue weighted by molar-refractivity contribution is 0.0599. The first-order chi connectivity index (χ1) is 10.7. The zero-order valence-electron chi connectivity index (χ0n) is 13.0. The maximum Gasteiger partial charge on any atom is 0.339 e. The molecule has 1 aromatic heterocycles. The normalized spacial score (nSPS) is 28.0. The number of aromatic nitrogens is 1. The molecule has 23 heavy (non-hydrogen) atoms. The zero-order valence-corrected chi connectivity index (χ0v) is 13.8. The predicted octanol–water partition coefficient (Wildman–Crippen LogP) is 0.425. The molecule has 1 aliphatic heterocycles. The number of piperidine rings is 1. The number of allylic oxidation sites excluding steroid dienone is 2. The Labute approximate surface area is 133 Å². The van der Waals surface area contributed by atoms with Gasteiger partial charge < -0.3 is 9.30 Å². The fraction of sp³-hybridized carbons (Fsp3) is 0.467. The van der Waals surface area contributed by atoms with Crippen molar-refractivity contribution in [2.45, 2.75) is 11.8 Å². The summed E-state index contributed by atoms with van der Waals surface area (Å²) in [5, 5.41) is 0. The lowest BCUT2D eigenvalue weighted by atomic mass is 9.83. The van der Waals surface area contributed by atoms with Crippen LogP contribution in [0.5, 0.6) is 0 Å². The Balaban J connectivity index is 1.98. The second-order valence-electron chi connectivity index (χ2n) is 6.43. The Morgan fingerprint density at radius 1 is 1.43 bits per heavy atom. The van der Waals surface area contributed by atoms with Crippen LogP contribution in [-0.2, 0) is 27.2 Å². The maximum atomic E-state index is 12.5. The molecule has 2 heterocycles. The van der Waals surface area contributed by atoms with Gasteiger partial charge in [-0.3, -0.25) is 9.10 Å². The number of rotatable bonds is 2. The molecule has 0 amide bonds. The quantitative estimate of drug-likeness (QED) is 0.731. The first-order valence-electron chi connectivity index (χ1n) is 7.24. The van der Waals surface area contributed by atoms with E-state index in [2.05, 4.69) is 0 Å². The van der Waals surface area contributed by atoms with Gasteiger partial charge in [-0.25, -0.2) is 13.2 Å². The maximum absolute atomic E-state index is 12.5. The van der Waals surface area contributed by atoms with Crippen LogP contribution in [0, 0.1) is 5.92 Å². The highest BCUT2D eigenvalue weighted by molar-refractivity contribution is 7.88. The van der Waals surface area contributed by atoms with Crippen molar-refractivity contribution in [2.75, 3.05) is 19.9 Å². The summed E-state index contributed by atoms with van der Waals surface area (Å²) in [7, 11) is -0.447. The third-order valence-corrected chi connectivity index (χ3v) is 6.30. The molecule has 4 rings (SSSR count). The zero-order chi connectivity index (χ0) is 16.7. The number of carbonyl (C=O) groups excluding carboxylic acids is 2. The molecule has 2 atom stereocenters. The van der Waals surface area contributed by atoms with Crippen LogP contribution >= 0.6 is 0 Å². The van der Waals surface area contributed by atoms with Crippen molar-refractivity contribution in [3.05, 3.63) is 34.8 Å². The van der Waals surface area contributed by atoms with Crippen LogP contribution in [0.15, 0.2) is 18.0 Å². The van der Waals surface area contributed by atoms with Crippen molar-refractivity contribution in [3.8, 4) is 0 Å². The number of hydrogen-bond donors (Lipinski definition) is 0. The number of sulfonamides is 1. The molecule has 2 fully saturated rings. The molecule has 0 aromatic carbocycles. The van der Waals surface area contributed by atoms with Crippen molar-refractivity contribution in [1.82, 2.24) is 8.87 Å². The highest BCUT2D eigenvalue weighted by atomic mass is 32.2. The number of methoxy groups -OCH3 is 1. The Hall–Kier alpha value is -2.09. The topological polar surface area (TPSA) is 85.7 Å². The number of carbonyl (C=O) groups is 2. The fourth-order valence-electron chi connectivity index (χ4n) is 4.17. The van der Waals surface area contributed by atoms with Crippen LogP contribution < -0.4 is 0 Å². The van der Waals surface area contributed by atoms with Crippen molar-refractivity contribution in [3.63, 3.8) is 0 Å². The molecule has 1 saturated carbocycles. The Kier molecular flexibility index (Phi) is 2.56. The summed E-state index contributed by atoms with van der Waals surface area (Å²) in [6, 6.07) is 0. The summed E-state index contributed by atoms with van der Waals surface area (Å²) in [6.45, 7) is 0.354. The van der Waals surface area contributed by atoms with E-state index in [9.17, 15) is 18.0 Å². The van der Waals surface area contributed by atoms with Crippen LogP contribution in [0.2, 0.25) is 0 Å². The van der Waals surface area contributed by atoms with E-state index < -0.39 is 21.4 Å². The molecular formula is C15H16N2O5S. The van der Waals surface area contributed by atoms with Gasteiger partial charge in [0.05, 0.1) is 24.6 Å². The van der Waals surface area contributed by atoms with E-state index in [-0.39, 0.29) is 11.7 Å². The van der Waals surface area contributed by atoms with Crippen LogP contribution in [0.1, 0.15) is 32.8 Å². The molecule has 2 aliphatic carbocycles. The van der Waals surface area contributed by atoms with Gasteiger partial charge in [-0.05, 0) is 12.3 Å². The minimum Gasteiger partial charge on any atom is -0.465 e. The molecule has 1 saturated heterocycles. The molecular weight excluding hydrogens is 320 g/mol. The molecule has 7 nitrogen and oxygen atoms in total. The second kappa shape index (κ2) is 4.05. The van der Waals surface area contributed by atoms with E-state index >= 15 is 0 Å². The highest BCUT2D eigenvalue weighted by Crippen LogP contribution is 2.67. The lowest BCUT2D eigenvalue weighted by Gasteiger charge is -2.28. The summed E-state index contributed by atoms with van der Waals surface area (Å²) in [5.41, 5.74) is 1.38. The van der Waals surface area contributed by atoms with Crippen molar-refractivity contribution in [2.24, 2.45) is 13.0 Å². The lowest BCUT2D eigenvalue weighted by Crippen LogP contribution is -2.33. The van der Waals surface area contributed by atoms with Gasteiger partial charge >= 0.3 is 5.97 Å². The summed E-state index contributed by atoms with van der Waals surface area (Å²) in [5.74, 6) is -0.686. The largest absolute Gasteiger partial charge is 0.465 e. The summed E-state index contributed by atoms with van der Waals surface area (Å²) < 4.78 is 31.8. The van der Waals surface area contributed by atoms with Gasteiger partial charge in [0.25, 0.3) is 0 Å². The Bertz CT molecular complexity index is 911. The minimum absolute atomic E-state index is 0.0983. The predicted molar refractivity (Wildman–Crippen MR) is 80.5 cm³/mol. The SMILES string of the molecule is COC(=O)c1cn(C)c2c1C13CC1CN(S(C)(=O)=O)C3=CC2=O. The van der Waals surface area contributed by atoms with Gasteiger partial charge in [-0.1, -0.05) is 0 Å². The van der Waals surface area contributed by atoms with Crippen LogP contribution in [-0.4, -0.2) is 49.0 Å². The van der Waals surface area contributed by atoms with Gasteiger partial charge in [-0.2, -0.15) is 0 Å². The van der Waals surface area contributed by atoms with Crippen molar-refractivity contribution >= 4 is 21.8 Å². The van der Waals surface area contributed by atoms with Gasteiger partial charge in [-0.15, -0.1) is 0 Å². The first-order valence-corrected chi connectivity index (χ1v) is 9.09. The van der Waals surface area contributed by atoms with Crippen LogP contribution in [0.25, 0.3) is 0 Å². The third kappa shape index (κ3) is 1.61. The summed E-state index contributed by atoms with van der Waals surface area (Å²) in [4.78, 5) is 24.7. The Morgan fingerprint density at radius 2 is 2.13 bits per heavy atom. The minimum atomic E-state index is -3.45. The molecule has 122 valence electrons. The van der Waals surface area contributed by atoms with E-state index in [1.165, 1.54) is 17.5 Å². The number of fused-ring (bicyclic) bond motifs is 1. The molecule has 3 aliphatic rings. The van der Waals surface area contributed by atoms with Crippen LogP contribution in [0.4, 0.5) is 0 Å². The van der Waals surface area contributed by atoms with E-state index in [1.807, 2.05) is 0 Å². The molecule has 0 bridgehead atoms.